The Labute approximate surface area is 285 Å². The van der Waals surface area contributed by atoms with Crippen LogP contribution in [0.1, 0.15) is 154 Å². The minimum absolute atomic E-state index is 0.137. The molecule has 0 bridgehead atoms. The number of rotatable bonds is 12. The van der Waals surface area contributed by atoms with Crippen molar-refractivity contribution >= 4 is 0 Å². The second kappa shape index (κ2) is 19.8. The van der Waals surface area contributed by atoms with E-state index in [0.717, 1.165) is 33.5 Å². The van der Waals surface area contributed by atoms with Gasteiger partial charge in [0, 0.05) is 17.8 Å². The summed E-state index contributed by atoms with van der Waals surface area (Å²) in [5.74, 6) is 1.48. The molecule has 0 amide bonds. The van der Waals surface area contributed by atoms with Crippen molar-refractivity contribution in [2.75, 3.05) is 0 Å². The van der Waals surface area contributed by atoms with E-state index in [1.807, 2.05) is 83.1 Å². The van der Waals surface area contributed by atoms with Gasteiger partial charge in [-0.05, 0) is 56.3 Å². The van der Waals surface area contributed by atoms with Gasteiger partial charge in [-0.3, -0.25) is 29.3 Å². The highest BCUT2D eigenvalue weighted by Gasteiger charge is 2.16. The van der Waals surface area contributed by atoms with Crippen LogP contribution in [0.25, 0.3) is 0 Å². The van der Waals surface area contributed by atoms with Crippen LogP contribution in [0.3, 0.4) is 0 Å². The van der Waals surface area contributed by atoms with Gasteiger partial charge in [-0.2, -0.15) is 0 Å². The molecule has 12 nitrogen and oxygen atoms in total. The van der Waals surface area contributed by atoms with Gasteiger partial charge in [0.15, 0.2) is 0 Å². The largest absolute Gasteiger partial charge is 0.425 e. The second-order valence-corrected chi connectivity index (χ2v) is 14.0. The quantitative estimate of drug-likeness (QED) is 0.180. The molecule has 0 saturated carbocycles. The average Bonchev–Trinajstić information content (AvgIpc) is 3.03. The van der Waals surface area contributed by atoms with Crippen molar-refractivity contribution in [1.82, 2.24) is 29.1 Å². The Kier molecular flexibility index (Phi) is 17.3. The van der Waals surface area contributed by atoms with E-state index in [-0.39, 0.29) is 34.4 Å². The Morgan fingerprint density at radius 2 is 0.688 bits per heavy atom. The smallest absolute Gasteiger partial charge is 0.304 e. The summed E-state index contributed by atoms with van der Waals surface area (Å²) in [6.45, 7) is 24.0. The third kappa shape index (κ3) is 11.9. The Morgan fingerprint density at radius 1 is 0.479 bits per heavy atom. The third-order valence-electron chi connectivity index (χ3n) is 8.27. The summed E-state index contributed by atoms with van der Waals surface area (Å²) in [5, 5.41) is 29.3. The van der Waals surface area contributed by atoms with Crippen LogP contribution in [-0.4, -0.2) is 44.8 Å². The Balaban J connectivity index is 0.000000360. The molecule has 3 aromatic rings. The maximum atomic E-state index is 11.8. The van der Waals surface area contributed by atoms with E-state index in [1.54, 1.807) is 18.6 Å². The van der Waals surface area contributed by atoms with E-state index in [0.29, 0.717) is 71.2 Å². The zero-order chi connectivity index (χ0) is 36.9. The summed E-state index contributed by atoms with van der Waals surface area (Å²) in [5.41, 5.74) is 1.91. The molecule has 0 radical (unpaired) electrons. The molecule has 3 aromatic heterocycles. The molecule has 3 heterocycles. The topological polar surface area (TPSA) is 165 Å². The van der Waals surface area contributed by atoms with E-state index in [2.05, 4.69) is 15.0 Å². The van der Waals surface area contributed by atoms with Crippen molar-refractivity contribution < 1.29 is 15.6 Å². The highest BCUT2D eigenvalue weighted by atomic mass is 16.5. The van der Waals surface area contributed by atoms with E-state index < -0.39 is 0 Å². The van der Waals surface area contributed by atoms with E-state index >= 15 is 0 Å². The maximum absolute atomic E-state index is 11.8. The van der Waals surface area contributed by atoms with Crippen LogP contribution in [0.2, 0.25) is 0 Å². The molecule has 0 aliphatic carbocycles. The fraction of sp³-hybridized carbons (Fsp3) is 0.667. The number of aromatic nitrogens is 6. The maximum Gasteiger partial charge on any atom is 0.304 e. The van der Waals surface area contributed by atoms with Crippen molar-refractivity contribution in [1.29, 1.82) is 0 Å². The molecule has 12 heteroatoms. The van der Waals surface area contributed by atoms with Crippen LogP contribution >= 0.6 is 0 Å². The lowest BCUT2D eigenvalue weighted by atomic mass is 10.0. The van der Waals surface area contributed by atoms with Crippen molar-refractivity contribution in [2.45, 2.75) is 139 Å². The normalized spacial score (nSPS) is 13.1. The van der Waals surface area contributed by atoms with Gasteiger partial charge in [0.2, 0.25) is 0 Å². The Hall–Kier alpha value is -3.96. The van der Waals surface area contributed by atoms with E-state index in [9.17, 15) is 30.0 Å². The number of hydrogen-bond donors (Lipinski definition) is 3. The van der Waals surface area contributed by atoms with Gasteiger partial charge in [-0.25, -0.2) is 0 Å². The van der Waals surface area contributed by atoms with Crippen LogP contribution in [-0.2, 0) is 19.3 Å². The van der Waals surface area contributed by atoms with Crippen molar-refractivity contribution in [3.05, 3.63) is 83.8 Å². The first-order valence-corrected chi connectivity index (χ1v) is 17.3. The second-order valence-electron chi connectivity index (χ2n) is 14.0. The molecule has 3 rings (SSSR count). The molecule has 0 saturated heterocycles. The first-order chi connectivity index (χ1) is 22.4. The minimum Gasteiger partial charge on any atom is -0.425 e. The summed E-state index contributed by atoms with van der Waals surface area (Å²) in [7, 11) is 0. The fourth-order valence-corrected chi connectivity index (χ4v) is 4.70. The molecule has 0 aliphatic rings. The predicted molar refractivity (Wildman–Crippen MR) is 189 cm³/mol. The van der Waals surface area contributed by atoms with Gasteiger partial charge in [0.05, 0.1) is 35.7 Å². The lowest BCUT2D eigenvalue weighted by Gasteiger charge is -2.13. The zero-order valence-electron chi connectivity index (χ0n) is 31.2. The Morgan fingerprint density at radius 3 is 0.854 bits per heavy atom. The van der Waals surface area contributed by atoms with Gasteiger partial charge < -0.3 is 15.6 Å². The van der Waals surface area contributed by atoms with Crippen molar-refractivity contribution in [2.24, 2.45) is 17.8 Å². The average molecular weight is 673 g/mol. The number of nitrogens with zero attached hydrogens (tertiary/aromatic N) is 6. The van der Waals surface area contributed by atoms with Gasteiger partial charge in [0.1, 0.15) is 17.1 Å². The fourth-order valence-electron chi connectivity index (χ4n) is 4.70. The Bertz CT molecular complexity index is 1420. The predicted octanol–water partition coefficient (Wildman–Crippen LogP) is 6.58. The summed E-state index contributed by atoms with van der Waals surface area (Å²) in [6.07, 6.45) is 9.20. The highest BCUT2D eigenvalue weighted by Crippen LogP contribution is 2.17. The zero-order valence-corrected chi connectivity index (χ0v) is 31.2. The molecule has 3 unspecified atom stereocenters. The molecule has 3 atom stereocenters. The van der Waals surface area contributed by atoms with Gasteiger partial charge >= 0.3 is 16.7 Å². The van der Waals surface area contributed by atoms with Crippen LogP contribution in [0.5, 0.6) is 0 Å². The summed E-state index contributed by atoms with van der Waals surface area (Å²) in [4.78, 5) is 47.9. The van der Waals surface area contributed by atoms with Crippen LogP contribution in [0, 0.1) is 17.8 Å². The minimum atomic E-state index is -0.383. The third-order valence-corrected chi connectivity index (χ3v) is 8.27. The van der Waals surface area contributed by atoms with Crippen LogP contribution in [0.15, 0.2) is 33.0 Å². The van der Waals surface area contributed by atoms with Gasteiger partial charge in [-0.1, -0.05) is 83.1 Å². The van der Waals surface area contributed by atoms with Crippen LogP contribution < -0.4 is 16.7 Å². The molecule has 48 heavy (non-hydrogen) atoms. The lowest BCUT2D eigenvalue weighted by molar-refractivity contribution is 0.158. The molecule has 3 N–H and O–H groups in total. The van der Waals surface area contributed by atoms with E-state index in [4.69, 9.17) is 0 Å². The lowest BCUT2D eigenvalue weighted by Crippen LogP contribution is -2.28. The molecular formula is C36H60N6O6. The molecule has 270 valence electrons. The van der Waals surface area contributed by atoms with Gasteiger partial charge in [0.25, 0.3) is 0 Å². The van der Waals surface area contributed by atoms with Crippen molar-refractivity contribution in [3.8, 4) is 0 Å². The molecule has 0 fully saturated rings. The SMILES string of the molecule is CCC(C)c1cnc(CC(C)C)c(=O)n1O.CCC(C)c1cnc(CC(C)C)c(=O)n1O.CCC(C)c1cnc(CC(C)C)c(=O)n1O. The highest BCUT2D eigenvalue weighted by molar-refractivity contribution is 5.10. The first kappa shape index (κ1) is 42.1. The number of hydrogen-bond acceptors (Lipinski definition) is 9. The molecule has 0 aromatic carbocycles. The monoisotopic (exact) mass is 672 g/mol. The molecule has 0 spiro atoms. The van der Waals surface area contributed by atoms with Crippen molar-refractivity contribution in [3.63, 3.8) is 0 Å². The molecule has 0 aliphatic heterocycles. The first-order valence-electron chi connectivity index (χ1n) is 17.3. The summed E-state index contributed by atoms with van der Waals surface area (Å²) < 4.78 is 2.25. The standard InChI is InChI=1S/3C12H20N2O2/c3*1-5-9(4)11-7-13-10(6-8(2)3)12(15)14(11)16/h3*7-9,16H,5-6H2,1-4H3. The van der Waals surface area contributed by atoms with Crippen LogP contribution in [0.4, 0.5) is 0 Å². The van der Waals surface area contributed by atoms with Gasteiger partial charge in [-0.15, -0.1) is 14.2 Å². The summed E-state index contributed by atoms with van der Waals surface area (Å²) >= 11 is 0. The molecular weight excluding hydrogens is 612 g/mol. The van der Waals surface area contributed by atoms with E-state index in [1.165, 1.54) is 0 Å². The summed E-state index contributed by atoms with van der Waals surface area (Å²) in [6, 6.07) is 0.